The molecule has 0 unspecified atom stereocenters. The van der Waals surface area contributed by atoms with Crippen LogP contribution in [0, 0.1) is 11.3 Å². The molecule has 7 nitrogen and oxygen atoms in total. The number of benzene rings is 1. The van der Waals surface area contributed by atoms with Crippen molar-refractivity contribution in [2.75, 3.05) is 31.3 Å². The Balaban J connectivity index is 1.64. The number of hydrogen-bond acceptors (Lipinski definition) is 7. The predicted molar refractivity (Wildman–Crippen MR) is 104 cm³/mol. The van der Waals surface area contributed by atoms with Crippen molar-refractivity contribution < 1.29 is 23.8 Å². The van der Waals surface area contributed by atoms with Gasteiger partial charge in [-0.15, -0.1) is 11.3 Å². The number of hydrogen-bond donors (Lipinski definition) is 0. The number of nitrogens with zero attached hydrogens (tertiary/aromatic N) is 2. The summed E-state index contributed by atoms with van der Waals surface area (Å²) in [5, 5.41) is 10.8. The van der Waals surface area contributed by atoms with Crippen LogP contribution in [0.4, 0.5) is 5.69 Å². The fourth-order valence-electron chi connectivity index (χ4n) is 2.55. The van der Waals surface area contributed by atoms with E-state index >= 15 is 0 Å². The lowest BCUT2D eigenvalue weighted by atomic mass is 10.2. The van der Waals surface area contributed by atoms with Crippen molar-refractivity contribution >= 4 is 35.0 Å². The van der Waals surface area contributed by atoms with E-state index in [-0.39, 0.29) is 13.0 Å². The van der Waals surface area contributed by atoms with E-state index in [2.05, 4.69) is 0 Å². The van der Waals surface area contributed by atoms with Crippen molar-refractivity contribution in [3.05, 3.63) is 46.7 Å². The topological polar surface area (TPSA) is 88.9 Å². The predicted octanol–water partition coefficient (Wildman–Crippen LogP) is 3.02. The van der Waals surface area contributed by atoms with Gasteiger partial charge in [-0.2, -0.15) is 5.26 Å². The first-order valence-electron chi connectivity index (χ1n) is 8.62. The van der Waals surface area contributed by atoms with Crippen LogP contribution in [0.5, 0.6) is 11.5 Å². The SMILES string of the molecule is N#CCCN(C(=O)COC(=O)/C=C/c1cccs1)c1ccc2c(c1)OCCO2. The van der Waals surface area contributed by atoms with E-state index in [1.807, 2.05) is 23.6 Å². The fourth-order valence-corrected chi connectivity index (χ4v) is 3.17. The molecular weight excluding hydrogens is 380 g/mol. The van der Waals surface area contributed by atoms with Gasteiger partial charge in [-0.1, -0.05) is 6.07 Å². The molecular formula is C20H18N2O5S. The molecule has 144 valence electrons. The van der Waals surface area contributed by atoms with Crippen molar-refractivity contribution in [2.45, 2.75) is 6.42 Å². The van der Waals surface area contributed by atoms with Gasteiger partial charge in [-0.3, -0.25) is 4.79 Å². The molecule has 1 aliphatic heterocycles. The molecule has 0 fully saturated rings. The number of esters is 1. The maximum atomic E-state index is 12.6. The minimum absolute atomic E-state index is 0.145. The Morgan fingerprint density at radius 3 is 2.82 bits per heavy atom. The Kier molecular flexibility index (Phi) is 6.65. The summed E-state index contributed by atoms with van der Waals surface area (Å²) in [5.41, 5.74) is 0.551. The lowest BCUT2D eigenvalue weighted by molar-refractivity contribution is -0.142. The van der Waals surface area contributed by atoms with E-state index in [4.69, 9.17) is 19.5 Å². The Morgan fingerprint density at radius 2 is 2.07 bits per heavy atom. The van der Waals surface area contributed by atoms with Crippen LogP contribution >= 0.6 is 11.3 Å². The number of nitriles is 1. The maximum Gasteiger partial charge on any atom is 0.331 e. The number of fused-ring (bicyclic) bond motifs is 1. The third kappa shape index (κ3) is 5.11. The average Bonchev–Trinajstić information content (AvgIpc) is 3.24. The van der Waals surface area contributed by atoms with E-state index in [1.54, 1.807) is 24.3 Å². The Bertz CT molecular complexity index is 902. The molecule has 1 aliphatic rings. The van der Waals surface area contributed by atoms with E-state index in [0.717, 1.165) is 4.88 Å². The second-order valence-corrected chi connectivity index (χ2v) is 6.72. The summed E-state index contributed by atoms with van der Waals surface area (Å²) >= 11 is 1.49. The fraction of sp³-hybridized carbons (Fsp3) is 0.250. The highest BCUT2D eigenvalue weighted by molar-refractivity contribution is 7.10. The molecule has 1 aromatic carbocycles. The van der Waals surface area contributed by atoms with E-state index in [0.29, 0.717) is 30.4 Å². The number of carbonyl (C=O) groups is 2. The molecule has 0 radical (unpaired) electrons. The lowest BCUT2D eigenvalue weighted by Gasteiger charge is -2.24. The molecule has 0 aliphatic carbocycles. The summed E-state index contributed by atoms with van der Waals surface area (Å²) < 4.78 is 16.1. The molecule has 1 amide bonds. The molecule has 0 atom stereocenters. The quantitative estimate of drug-likeness (QED) is 0.526. The second-order valence-electron chi connectivity index (χ2n) is 5.74. The summed E-state index contributed by atoms with van der Waals surface area (Å²) in [7, 11) is 0. The van der Waals surface area contributed by atoms with Crippen LogP contribution in [0.25, 0.3) is 6.08 Å². The molecule has 2 aromatic rings. The first-order chi connectivity index (χ1) is 13.7. The van der Waals surface area contributed by atoms with Crippen molar-refractivity contribution in [2.24, 2.45) is 0 Å². The van der Waals surface area contributed by atoms with E-state index < -0.39 is 18.5 Å². The van der Waals surface area contributed by atoms with Gasteiger partial charge in [0.2, 0.25) is 0 Å². The third-order valence-electron chi connectivity index (χ3n) is 3.85. The van der Waals surface area contributed by atoms with Gasteiger partial charge in [-0.25, -0.2) is 4.79 Å². The number of amides is 1. The molecule has 3 rings (SSSR count). The molecule has 0 saturated carbocycles. The summed E-state index contributed by atoms with van der Waals surface area (Å²) in [4.78, 5) is 26.8. The lowest BCUT2D eigenvalue weighted by Crippen LogP contribution is -2.35. The highest BCUT2D eigenvalue weighted by Gasteiger charge is 2.20. The van der Waals surface area contributed by atoms with Crippen molar-refractivity contribution in [1.82, 2.24) is 0 Å². The van der Waals surface area contributed by atoms with Crippen molar-refractivity contribution in [3.63, 3.8) is 0 Å². The smallest absolute Gasteiger partial charge is 0.331 e. The molecule has 8 heteroatoms. The Labute approximate surface area is 166 Å². The number of rotatable bonds is 7. The first-order valence-corrected chi connectivity index (χ1v) is 9.50. The molecule has 0 N–H and O–H groups in total. The summed E-state index contributed by atoms with van der Waals surface area (Å²) in [5.74, 6) is 0.108. The van der Waals surface area contributed by atoms with Gasteiger partial charge in [0.15, 0.2) is 18.1 Å². The van der Waals surface area contributed by atoms with Gasteiger partial charge in [0, 0.05) is 29.3 Å². The largest absolute Gasteiger partial charge is 0.486 e. The minimum atomic E-state index is -0.607. The number of carbonyl (C=O) groups excluding carboxylic acids is 2. The Hall–Kier alpha value is -3.31. The van der Waals surface area contributed by atoms with Crippen LogP contribution < -0.4 is 14.4 Å². The zero-order valence-electron chi connectivity index (χ0n) is 15.0. The zero-order valence-corrected chi connectivity index (χ0v) is 15.8. The molecule has 28 heavy (non-hydrogen) atoms. The van der Waals surface area contributed by atoms with Crippen LogP contribution in [0.1, 0.15) is 11.3 Å². The van der Waals surface area contributed by atoms with E-state index in [1.165, 1.54) is 22.3 Å². The van der Waals surface area contributed by atoms with Crippen molar-refractivity contribution in [3.8, 4) is 17.6 Å². The van der Waals surface area contributed by atoms with Crippen molar-refractivity contribution in [1.29, 1.82) is 5.26 Å². The van der Waals surface area contributed by atoms with Crippen LogP contribution in [0.3, 0.4) is 0 Å². The molecule has 1 aromatic heterocycles. The minimum Gasteiger partial charge on any atom is -0.486 e. The number of thiophene rings is 1. The van der Waals surface area contributed by atoms with E-state index in [9.17, 15) is 9.59 Å². The van der Waals surface area contributed by atoms with Crippen LogP contribution in [0.15, 0.2) is 41.8 Å². The first kappa shape index (κ1) is 19.5. The molecule has 2 heterocycles. The normalized spacial score (nSPS) is 12.4. The van der Waals surface area contributed by atoms with Crippen LogP contribution in [-0.2, 0) is 14.3 Å². The van der Waals surface area contributed by atoms with Crippen LogP contribution in [-0.4, -0.2) is 38.2 Å². The zero-order chi connectivity index (χ0) is 19.8. The maximum absolute atomic E-state index is 12.6. The van der Waals surface area contributed by atoms with Gasteiger partial charge in [0.25, 0.3) is 5.91 Å². The molecule has 0 spiro atoms. The van der Waals surface area contributed by atoms with Gasteiger partial charge in [0.05, 0.1) is 12.5 Å². The van der Waals surface area contributed by atoms with Crippen LogP contribution in [0.2, 0.25) is 0 Å². The monoisotopic (exact) mass is 398 g/mol. The third-order valence-corrected chi connectivity index (χ3v) is 4.69. The standard InChI is InChI=1S/C20H18N2O5S/c21-8-2-9-22(15-4-6-17-18(13-15)26-11-10-25-17)19(23)14-27-20(24)7-5-16-3-1-12-28-16/h1,3-7,12-13H,2,9-11,14H2/b7-5+. The highest BCUT2D eigenvalue weighted by Crippen LogP contribution is 2.34. The Morgan fingerprint density at radius 1 is 1.25 bits per heavy atom. The second kappa shape index (κ2) is 9.58. The average molecular weight is 398 g/mol. The summed E-state index contributed by atoms with van der Waals surface area (Å²) in [6.07, 6.45) is 3.06. The summed E-state index contributed by atoms with van der Waals surface area (Å²) in [6, 6.07) is 10.9. The van der Waals surface area contributed by atoms with Gasteiger partial charge >= 0.3 is 5.97 Å². The summed E-state index contributed by atoms with van der Waals surface area (Å²) in [6.45, 7) is 0.653. The van der Waals surface area contributed by atoms with Gasteiger partial charge in [0.1, 0.15) is 13.2 Å². The molecule has 0 saturated heterocycles. The molecule has 0 bridgehead atoms. The number of anilines is 1. The number of ether oxygens (including phenoxy) is 3. The van der Waals surface area contributed by atoms with Gasteiger partial charge < -0.3 is 19.1 Å². The van der Waals surface area contributed by atoms with Gasteiger partial charge in [-0.05, 0) is 29.7 Å². The highest BCUT2D eigenvalue weighted by atomic mass is 32.1.